The van der Waals surface area contributed by atoms with Crippen molar-refractivity contribution in [1.82, 2.24) is 5.32 Å². The van der Waals surface area contributed by atoms with Gasteiger partial charge in [0.15, 0.2) is 0 Å². The van der Waals surface area contributed by atoms with Gasteiger partial charge in [-0.3, -0.25) is 0 Å². The minimum atomic E-state index is -0.929. The highest BCUT2D eigenvalue weighted by atomic mass is 16.4. The van der Waals surface area contributed by atoms with Crippen LogP contribution in [0.15, 0.2) is 0 Å². The molecule has 0 unspecified atom stereocenters. The normalized spacial score (nSPS) is 26.9. The van der Waals surface area contributed by atoms with Crippen LogP contribution >= 0.6 is 0 Å². The number of hydrogen-bond donors (Lipinski definition) is 2. The maximum absolute atomic E-state index is 10.4. The first-order chi connectivity index (χ1) is 6.72. The van der Waals surface area contributed by atoms with Gasteiger partial charge in [0.2, 0.25) is 0 Å². The summed E-state index contributed by atoms with van der Waals surface area (Å²) in [5.41, 5.74) is 0. The number of amides is 1. The quantitative estimate of drug-likeness (QED) is 0.678. The number of carbonyl (C=O) groups is 2. The van der Waals surface area contributed by atoms with Crippen LogP contribution in [0, 0.1) is 5.92 Å². The van der Waals surface area contributed by atoms with Crippen LogP contribution in [0.2, 0.25) is 0 Å². The fourth-order valence-corrected chi connectivity index (χ4v) is 2.07. The number of carbonyl (C=O) groups excluding carboxylic acids is 1. The molecule has 4 heteroatoms. The van der Waals surface area contributed by atoms with E-state index in [0.717, 1.165) is 38.4 Å². The molecule has 1 rings (SSSR count). The molecule has 0 aliphatic heterocycles. The van der Waals surface area contributed by atoms with Crippen LogP contribution < -0.4 is 5.32 Å². The molecule has 14 heavy (non-hydrogen) atoms. The zero-order valence-electron chi connectivity index (χ0n) is 8.24. The van der Waals surface area contributed by atoms with Gasteiger partial charge in [-0.05, 0) is 38.0 Å². The van der Waals surface area contributed by atoms with Crippen LogP contribution in [-0.2, 0) is 4.79 Å². The van der Waals surface area contributed by atoms with Crippen molar-refractivity contribution in [1.29, 1.82) is 0 Å². The van der Waals surface area contributed by atoms with E-state index in [1.807, 2.05) is 0 Å². The molecule has 0 heterocycles. The molecule has 0 radical (unpaired) electrons. The lowest BCUT2D eigenvalue weighted by atomic mass is 9.83. The van der Waals surface area contributed by atoms with Crippen LogP contribution in [0.1, 0.15) is 38.5 Å². The largest absolute Gasteiger partial charge is 0.465 e. The van der Waals surface area contributed by atoms with Crippen molar-refractivity contribution >= 4 is 12.4 Å². The van der Waals surface area contributed by atoms with Crippen LogP contribution in [0.5, 0.6) is 0 Å². The smallest absolute Gasteiger partial charge is 0.404 e. The van der Waals surface area contributed by atoms with Crippen molar-refractivity contribution in [3.63, 3.8) is 0 Å². The summed E-state index contributed by atoms with van der Waals surface area (Å²) in [6.07, 6.45) is 5.54. The number of hydrogen-bond acceptors (Lipinski definition) is 2. The Hall–Kier alpha value is -1.06. The van der Waals surface area contributed by atoms with Crippen LogP contribution in [0.25, 0.3) is 0 Å². The van der Waals surface area contributed by atoms with Gasteiger partial charge in [0, 0.05) is 12.5 Å². The van der Waals surface area contributed by atoms with Crippen molar-refractivity contribution in [2.75, 3.05) is 0 Å². The lowest BCUT2D eigenvalue weighted by molar-refractivity contribution is -0.108. The molecule has 2 N–H and O–H groups in total. The van der Waals surface area contributed by atoms with E-state index in [1.165, 1.54) is 0 Å². The van der Waals surface area contributed by atoms with E-state index in [1.54, 1.807) is 0 Å². The van der Waals surface area contributed by atoms with Crippen LogP contribution in [0.4, 0.5) is 4.79 Å². The van der Waals surface area contributed by atoms with Crippen LogP contribution in [0.3, 0.4) is 0 Å². The zero-order chi connectivity index (χ0) is 10.4. The van der Waals surface area contributed by atoms with Gasteiger partial charge < -0.3 is 15.2 Å². The summed E-state index contributed by atoms with van der Waals surface area (Å²) in [6, 6.07) is 0.125. The van der Waals surface area contributed by atoms with Crippen molar-refractivity contribution < 1.29 is 14.7 Å². The minimum absolute atomic E-state index is 0.125. The second-order valence-electron chi connectivity index (χ2n) is 3.91. The molecule has 0 aromatic heterocycles. The Morgan fingerprint density at radius 1 is 1.36 bits per heavy atom. The Balaban J connectivity index is 2.17. The van der Waals surface area contributed by atoms with E-state index in [0.29, 0.717) is 12.3 Å². The molecular formula is C10H17NO3. The van der Waals surface area contributed by atoms with E-state index in [9.17, 15) is 9.59 Å². The van der Waals surface area contributed by atoms with Gasteiger partial charge in [-0.1, -0.05) is 0 Å². The van der Waals surface area contributed by atoms with Crippen molar-refractivity contribution in [2.45, 2.75) is 44.6 Å². The highest BCUT2D eigenvalue weighted by Gasteiger charge is 2.21. The summed E-state index contributed by atoms with van der Waals surface area (Å²) >= 11 is 0. The molecule has 0 bridgehead atoms. The molecule has 0 aromatic rings. The van der Waals surface area contributed by atoms with E-state index < -0.39 is 6.09 Å². The Labute approximate surface area is 83.7 Å². The number of aldehydes is 1. The Morgan fingerprint density at radius 3 is 2.50 bits per heavy atom. The average molecular weight is 199 g/mol. The first-order valence-electron chi connectivity index (χ1n) is 5.15. The van der Waals surface area contributed by atoms with Crippen molar-refractivity contribution in [3.8, 4) is 0 Å². The summed E-state index contributed by atoms with van der Waals surface area (Å²) < 4.78 is 0. The second kappa shape index (κ2) is 5.62. The van der Waals surface area contributed by atoms with Crippen molar-refractivity contribution in [2.24, 2.45) is 5.92 Å². The van der Waals surface area contributed by atoms with Crippen LogP contribution in [-0.4, -0.2) is 23.5 Å². The minimum Gasteiger partial charge on any atom is -0.465 e. The maximum Gasteiger partial charge on any atom is 0.404 e. The SMILES string of the molecule is O=CCC[C@H]1CC[C@H](NC(=O)O)CC1. The monoisotopic (exact) mass is 199 g/mol. The second-order valence-corrected chi connectivity index (χ2v) is 3.91. The van der Waals surface area contributed by atoms with Gasteiger partial charge >= 0.3 is 6.09 Å². The molecule has 0 saturated heterocycles. The number of rotatable bonds is 4. The molecule has 1 aliphatic carbocycles. The van der Waals surface area contributed by atoms with E-state index in [4.69, 9.17) is 5.11 Å². The summed E-state index contributed by atoms with van der Waals surface area (Å²) in [5, 5.41) is 11.0. The zero-order valence-corrected chi connectivity index (χ0v) is 8.24. The highest BCUT2D eigenvalue weighted by Crippen LogP contribution is 2.27. The third kappa shape index (κ3) is 3.77. The third-order valence-electron chi connectivity index (χ3n) is 2.87. The molecule has 1 fully saturated rings. The average Bonchev–Trinajstić information content (AvgIpc) is 2.16. The molecule has 1 aliphatic rings. The first kappa shape index (κ1) is 11.0. The number of nitrogens with one attached hydrogen (secondary N) is 1. The predicted molar refractivity (Wildman–Crippen MR) is 52.2 cm³/mol. The summed E-state index contributed by atoms with van der Waals surface area (Å²) in [4.78, 5) is 20.5. The first-order valence-corrected chi connectivity index (χ1v) is 5.15. The van der Waals surface area contributed by atoms with E-state index in [2.05, 4.69) is 5.32 Å². The fraction of sp³-hybridized carbons (Fsp3) is 0.800. The summed E-state index contributed by atoms with van der Waals surface area (Å²) in [6.45, 7) is 0. The number of carboxylic acid groups (broad SMARTS) is 1. The molecule has 0 aromatic carbocycles. The molecule has 1 amide bonds. The Morgan fingerprint density at radius 2 is 2.00 bits per heavy atom. The van der Waals surface area contributed by atoms with Gasteiger partial charge in [0.1, 0.15) is 6.29 Å². The lowest BCUT2D eigenvalue weighted by Crippen LogP contribution is -2.36. The Kier molecular flexibility index (Phi) is 4.43. The molecule has 0 spiro atoms. The van der Waals surface area contributed by atoms with Gasteiger partial charge in [-0.15, -0.1) is 0 Å². The summed E-state index contributed by atoms with van der Waals surface area (Å²) in [5.74, 6) is 0.618. The van der Waals surface area contributed by atoms with Gasteiger partial charge in [0.25, 0.3) is 0 Å². The standard InChI is InChI=1S/C10H17NO3/c12-7-1-2-8-3-5-9(6-4-8)11-10(13)14/h7-9,11H,1-6H2,(H,13,14)/t8-,9-. The predicted octanol–water partition coefficient (Wildman–Crippen LogP) is 1.79. The molecule has 80 valence electrons. The molecule has 1 saturated carbocycles. The molecule has 0 atom stereocenters. The van der Waals surface area contributed by atoms with E-state index in [-0.39, 0.29) is 6.04 Å². The van der Waals surface area contributed by atoms with Gasteiger partial charge in [0.05, 0.1) is 0 Å². The maximum atomic E-state index is 10.4. The Bertz CT molecular complexity index is 198. The van der Waals surface area contributed by atoms with Gasteiger partial charge in [-0.25, -0.2) is 4.79 Å². The fourth-order valence-electron chi connectivity index (χ4n) is 2.07. The lowest BCUT2D eigenvalue weighted by Gasteiger charge is -2.27. The van der Waals surface area contributed by atoms with E-state index >= 15 is 0 Å². The molecule has 4 nitrogen and oxygen atoms in total. The topological polar surface area (TPSA) is 66.4 Å². The van der Waals surface area contributed by atoms with Gasteiger partial charge in [-0.2, -0.15) is 0 Å². The third-order valence-corrected chi connectivity index (χ3v) is 2.87. The highest BCUT2D eigenvalue weighted by molar-refractivity contribution is 5.64. The van der Waals surface area contributed by atoms with Crippen molar-refractivity contribution in [3.05, 3.63) is 0 Å². The summed E-state index contributed by atoms with van der Waals surface area (Å²) in [7, 11) is 0. The molecular weight excluding hydrogens is 182 g/mol.